The third kappa shape index (κ3) is 3.14. The summed E-state index contributed by atoms with van der Waals surface area (Å²) in [6.07, 6.45) is 5.59. The molecule has 2 rings (SSSR count). The van der Waals surface area contributed by atoms with Crippen molar-refractivity contribution in [2.75, 3.05) is 7.05 Å². The van der Waals surface area contributed by atoms with Gasteiger partial charge in [-0.05, 0) is 35.9 Å². The average molecular weight is 245 g/mol. The average Bonchev–Trinajstić information content (AvgIpc) is 2.27. The molecule has 1 heteroatoms. The molecule has 1 unspecified atom stereocenters. The molecular weight excluding hydrogens is 218 g/mol. The molecule has 1 saturated carbocycles. The Kier molecular flexibility index (Phi) is 4.11. The number of rotatable bonds is 4. The Morgan fingerprint density at radius 2 is 1.78 bits per heavy atom. The SMILES string of the molecule is CNC(CC1CCC1)c1ccc(C(C)(C)C)cc1. The van der Waals surface area contributed by atoms with Crippen LogP contribution in [-0.2, 0) is 5.41 Å². The lowest BCUT2D eigenvalue weighted by Crippen LogP contribution is -2.23. The summed E-state index contributed by atoms with van der Waals surface area (Å²) in [5.74, 6) is 0.949. The van der Waals surface area contributed by atoms with Crippen LogP contribution in [0.5, 0.6) is 0 Å². The van der Waals surface area contributed by atoms with E-state index in [1.54, 1.807) is 0 Å². The van der Waals surface area contributed by atoms with Crippen molar-refractivity contribution < 1.29 is 0 Å². The fourth-order valence-electron chi connectivity index (χ4n) is 2.70. The molecule has 100 valence electrons. The van der Waals surface area contributed by atoms with E-state index in [9.17, 15) is 0 Å². The Balaban J connectivity index is 2.06. The highest BCUT2D eigenvalue weighted by Gasteiger charge is 2.22. The molecule has 1 aliphatic carbocycles. The van der Waals surface area contributed by atoms with Gasteiger partial charge < -0.3 is 5.32 Å². The molecule has 1 fully saturated rings. The highest BCUT2D eigenvalue weighted by atomic mass is 14.9. The van der Waals surface area contributed by atoms with Gasteiger partial charge in [0.05, 0.1) is 0 Å². The van der Waals surface area contributed by atoms with Crippen molar-refractivity contribution in [2.45, 2.75) is 57.9 Å². The molecule has 0 amide bonds. The van der Waals surface area contributed by atoms with Gasteiger partial charge in [-0.1, -0.05) is 64.3 Å². The topological polar surface area (TPSA) is 12.0 Å². The van der Waals surface area contributed by atoms with E-state index in [-0.39, 0.29) is 5.41 Å². The third-order valence-corrected chi connectivity index (χ3v) is 4.32. The smallest absolute Gasteiger partial charge is 0.0320 e. The van der Waals surface area contributed by atoms with Gasteiger partial charge in [-0.15, -0.1) is 0 Å². The molecule has 1 atom stereocenters. The lowest BCUT2D eigenvalue weighted by molar-refractivity contribution is 0.265. The second-order valence-electron chi connectivity index (χ2n) is 6.75. The molecule has 0 bridgehead atoms. The fourth-order valence-corrected chi connectivity index (χ4v) is 2.70. The molecule has 0 aromatic heterocycles. The van der Waals surface area contributed by atoms with Gasteiger partial charge >= 0.3 is 0 Å². The van der Waals surface area contributed by atoms with Crippen molar-refractivity contribution in [1.82, 2.24) is 5.32 Å². The summed E-state index contributed by atoms with van der Waals surface area (Å²) in [5.41, 5.74) is 3.11. The number of nitrogens with one attached hydrogen (secondary N) is 1. The maximum atomic E-state index is 3.48. The summed E-state index contributed by atoms with van der Waals surface area (Å²) in [6, 6.07) is 9.73. The van der Waals surface area contributed by atoms with Crippen LogP contribution in [0.3, 0.4) is 0 Å². The molecule has 1 aliphatic rings. The van der Waals surface area contributed by atoms with Crippen LogP contribution in [0.4, 0.5) is 0 Å². The first-order valence-corrected chi connectivity index (χ1v) is 7.28. The Morgan fingerprint density at radius 1 is 1.17 bits per heavy atom. The summed E-state index contributed by atoms with van der Waals surface area (Å²) < 4.78 is 0. The van der Waals surface area contributed by atoms with Gasteiger partial charge in [0, 0.05) is 6.04 Å². The predicted molar refractivity (Wildman–Crippen MR) is 78.9 cm³/mol. The first kappa shape index (κ1) is 13.6. The van der Waals surface area contributed by atoms with Crippen LogP contribution in [0.15, 0.2) is 24.3 Å². The van der Waals surface area contributed by atoms with E-state index >= 15 is 0 Å². The molecule has 1 N–H and O–H groups in total. The normalized spacial score (nSPS) is 18.4. The maximum Gasteiger partial charge on any atom is 0.0320 e. The van der Waals surface area contributed by atoms with Crippen LogP contribution in [0.1, 0.15) is 63.6 Å². The lowest BCUT2D eigenvalue weighted by Gasteiger charge is -2.30. The standard InChI is InChI=1S/C17H27N/c1-17(2,3)15-10-8-14(9-11-15)16(18-4)12-13-6-5-7-13/h8-11,13,16,18H,5-7,12H2,1-4H3. The molecular formula is C17H27N. The molecule has 0 aliphatic heterocycles. The largest absolute Gasteiger partial charge is 0.313 e. The molecule has 1 aromatic carbocycles. The first-order valence-electron chi connectivity index (χ1n) is 7.28. The summed E-state index contributed by atoms with van der Waals surface area (Å²) in [7, 11) is 2.08. The van der Waals surface area contributed by atoms with E-state index in [1.807, 2.05) is 0 Å². The fraction of sp³-hybridized carbons (Fsp3) is 0.647. The minimum absolute atomic E-state index is 0.252. The second-order valence-corrected chi connectivity index (χ2v) is 6.75. The molecule has 0 saturated heterocycles. The van der Waals surface area contributed by atoms with Gasteiger partial charge in [-0.3, -0.25) is 0 Å². The van der Waals surface area contributed by atoms with E-state index in [0.717, 1.165) is 5.92 Å². The predicted octanol–water partition coefficient (Wildman–Crippen LogP) is 4.43. The van der Waals surface area contributed by atoms with Crippen molar-refractivity contribution in [1.29, 1.82) is 0 Å². The molecule has 0 heterocycles. The highest BCUT2D eigenvalue weighted by molar-refractivity contribution is 5.29. The maximum absolute atomic E-state index is 3.48. The Labute approximate surface area is 112 Å². The zero-order chi connectivity index (χ0) is 13.2. The minimum atomic E-state index is 0.252. The van der Waals surface area contributed by atoms with Crippen LogP contribution < -0.4 is 5.32 Å². The second kappa shape index (κ2) is 5.44. The zero-order valence-electron chi connectivity index (χ0n) is 12.3. The molecule has 18 heavy (non-hydrogen) atoms. The molecule has 1 nitrogen and oxygen atoms in total. The van der Waals surface area contributed by atoms with Gasteiger partial charge in [0.2, 0.25) is 0 Å². The monoisotopic (exact) mass is 245 g/mol. The van der Waals surface area contributed by atoms with Crippen LogP contribution in [-0.4, -0.2) is 7.05 Å². The number of hydrogen-bond donors (Lipinski definition) is 1. The van der Waals surface area contributed by atoms with Gasteiger partial charge in [-0.2, -0.15) is 0 Å². The zero-order valence-corrected chi connectivity index (χ0v) is 12.3. The van der Waals surface area contributed by atoms with Gasteiger partial charge in [-0.25, -0.2) is 0 Å². The summed E-state index contributed by atoms with van der Waals surface area (Å²) in [6.45, 7) is 6.81. The molecule has 0 radical (unpaired) electrons. The van der Waals surface area contributed by atoms with Crippen LogP contribution in [0.25, 0.3) is 0 Å². The minimum Gasteiger partial charge on any atom is -0.313 e. The number of hydrogen-bond acceptors (Lipinski definition) is 1. The van der Waals surface area contributed by atoms with Crippen molar-refractivity contribution in [3.63, 3.8) is 0 Å². The lowest BCUT2D eigenvalue weighted by atomic mass is 9.79. The third-order valence-electron chi connectivity index (χ3n) is 4.32. The van der Waals surface area contributed by atoms with Gasteiger partial charge in [0.15, 0.2) is 0 Å². The Bertz CT molecular complexity index is 368. The van der Waals surface area contributed by atoms with Gasteiger partial charge in [0.1, 0.15) is 0 Å². The van der Waals surface area contributed by atoms with Crippen molar-refractivity contribution in [2.24, 2.45) is 5.92 Å². The quantitative estimate of drug-likeness (QED) is 0.827. The van der Waals surface area contributed by atoms with E-state index in [0.29, 0.717) is 6.04 Å². The summed E-state index contributed by atoms with van der Waals surface area (Å²) in [4.78, 5) is 0. The van der Waals surface area contributed by atoms with Crippen molar-refractivity contribution in [3.8, 4) is 0 Å². The van der Waals surface area contributed by atoms with E-state index in [2.05, 4.69) is 57.4 Å². The van der Waals surface area contributed by atoms with E-state index < -0.39 is 0 Å². The molecule has 1 aromatic rings. The highest BCUT2D eigenvalue weighted by Crippen LogP contribution is 2.35. The van der Waals surface area contributed by atoms with Gasteiger partial charge in [0.25, 0.3) is 0 Å². The Morgan fingerprint density at radius 3 is 2.17 bits per heavy atom. The van der Waals surface area contributed by atoms with Crippen LogP contribution in [0.2, 0.25) is 0 Å². The van der Waals surface area contributed by atoms with Crippen LogP contribution >= 0.6 is 0 Å². The van der Waals surface area contributed by atoms with E-state index in [1.165, 1.54) is 36.8 Å². The number of benzene rings is 1. The summed E-state index contributed by atoms with van der Waals surface area (Å²) >= 11 is 0. The molecule has 0 spiro atoms. The Hall–Kier alpha value is -0.820. The van der Waals surface area contributed by atoms with E-state index in [4.69, 9.17) is 0 Å². The van der Waals surface area contributed by atoms with Crippen molar-refractivity contribution >= 4 is 0 Å². The summed E-state index contributed by atoms with van der Waals surface area (Å²) in [5, 5.41) is 3.48. The van der Waals surface area contributed by atoms with Crippen LogP contribution in [0, 0.1) is 5.92 Å². The van der Waals surface area contributed by atoms with Crippen molar-refractivity contribution in [3.05, 3.63) is 35.4 Å². The first-order chi connectivity index (χ1) is 8.50.